The van der Waals surface area contributed by atoms with Crippen LogP contribution in [0.4, 0.5) is 5.69 Å². The van der Waals surface area contributed by atoms with Crippen molar-refractivity contribution in [2.45, 2.75) is 32.2 Å². The Morgan fingerprint density at radius 2 is 2.33 bits per heavy atom. The van der Waals surface area contributed by atoms with Gasteiger partial charge in [-0.3, -0.25) is 0 Å². The highest BCUT2D eigenvalue weighted by atomic mass is 14.9. The van der Waals surface area contributed by atoms with Crippen molar-refractivity contribution in [3.05, 3.63) is 29.3 Å². The smallest absolute Gasteiger partial charge is 0.0377 e. The van der Waals surface area contributed by atoms with Gasteiger partial charge in [-0.25, -0.2) is 0 Å². The zero-order valence-corrected chi connectivity index (χ0v) is 9.64. The Kier molecular flexibility index (Phi) is 3.27. The average molecular weight is 204 g/mol. The number of fused-ring (bicyclic) bond motifs is 1. The van der Waals surface area contributed by atoms with Crippen molar-refractivity contribution in [3.8, 4) is 0 Å². The monoisotopic (exact) mass is 204 g/mol. The lowest BCUT2D eigenvalue weighted by atomic mass is 9.95. The van der Waals surface area contributed by atoms with E-state index in [2.05, 4.69) is 35.8 Å². The predicted octanol–water partition coefficient (Wildman–Crippen LogP) is 2.33. The van der Waals surface area contributed by atoms with E-state index in [-0.39, 0.29) is 0 Å². The van der Waals surface area contributed by atoms with Crippen molar-refractivity contribution in [2.75, 3.05) is 18.9 Å². The second kappa shape index (κ2) is 4.67. The van der Waals surface area contributed by atoms with Crippen LogP contribution in [0.3, 0.4) is 0 Å². The summed E-state index contributed by atoms with van der Waals surface area (Å²) >= 11 is 0. The topological polar surface area (TPSA) is 24.1 Å². The third-order valence-electron chi connectivity index (χ3n) is 3.13. The highest BCUT2D eigenvalue weighted by Crippen LogP contribution is 2.26. The van der Waals surface area contributed by atoms with Gasteiger partial charge in [0, 0.05) is 11.7 Å². The third-order valence-corrected chi connectivity index (χ3v) is 3.13. The molecule has 1 atom stereocenters. The van der Waals surface area contributed by atoms with E-state index < -0.39 is 0 Å². The number of benzene rings is 1. The lowest BCUT2D eigenvalue weighted by Crippen LogP contribution is -2.28. The van der Waals surface area contributed by atoms with Gasteiger partial charge in [-0.15, -0.1) is 0 Å². The summed E-state index contributed by atoms with van der Waals surface area (Å²) < 4.78 is 0. The molecule has 1 aliphatic heterocycles. The maximum Gasteiger partial charge on any atom is 0.0377 e. The first kappa shape index (κ1) is 10.5. The second-order valence-corrected chi connectivity index (χ2v) is 4.43. The van der Waals surface area contributed by atoms with E-state index in [0.717, 1.165) is 6.54 Å². The van der Waals surface area contributed by atoms with Crippen LogP contribution in [0.1, 0.15) is 24.0 Å². The summed E-state index contributed by atoms with van der Waals surface area (Å²) in [4.78, 5) is 0. The normalized spacial score (nSPS) is 19.5. The number of hydrogen-bond acceptors (Lipinski definition) is 2. The molecular formula is C13H20N2. The zero-order valence-electron chi connectivity index (χ0n) is 9.64. The van der Waals surface area contributed by atoms with Crippen LogP contribution >= 0.6 is 0 Å². The largest absolute Gasteiger partial charge is 0.382 e. The molecule has 0 aliphatic carbocycles. The van der Waals surface area contributed by atoms with Crippen molar-refractivity contribution in [1.82, 2.24) is 5.32 Å². The minimum atomic E-state index is 0.645. The van der Waals surface area contributed by atoms with Gasteiger partial charge in [0.1, 0.15) is 0 Å². The van der Waals surface area contributed by atoms with Crippen LogP contribution in [0.15, 0.2) is 18.2 Å². The fraction of sp³-hybridized carbons (Fsp3) is 0.538. The van der Waals surface area contributed by atoms with Crippen LogP contribution in [0.5, 0.6) is 0 Å². The molecule has 0 radical (unpaired) electrons. The Hall–Kier alpha value is -1.02. The molecule has 2 heteroatoms. The van der Waals surface area contributed by atoms with Gasteiger partial charge in [0.2, 0.25) is 0 Å². The third kappa shape index (κ3) is 2.51. The van der Waals surface area contributed by atoms with E-state index in [1.807, 2.05) is 7.05 Å². The molecule has 0 bridgehead atoms. The summed E-state index contributed by atoms with van der Waals surface area (Å²) in [5.41, 5.74) is 4.17. The van der Waals surface area contributed by atoms with E-state index in [4.69, 9.17) is 0 Å². The lowest BCUT2D eigenvalue weighted by molar-refractivity contribution is 0.568. The van der Waals surface area contributed by atoms with Crippen LogP contribution < -0.4 is 10.6 Å². The van der Waals surface area contributed by atoms with Gasteiger partial charge in [0.15, 0.2) is 0 Å². The number of nitrogens with one attached hydrogen (secondary N) is 2. The molecule has 2 nitrogen and oxygen atoms in total. The summed E-state index contributed by atoms with van der Waals surface area (Å²) in [6, 6.07) is 7.37. The molecular weight excluding hydrogens is 184 g/mol. The molecule has 1 aromatic carbocycles. The summed E-state index contributed by atoms with van der Waals surface area (Å²) in [6.07, 6.45) is 3.69. The molecule has 0 aromatic heterocycles. The molecule has 1 aromatic rings. The predicted molar refractivity (Wildman–Crippen MR) is 65.5 cm³/mol. The molecule has 0 spiro atoms. The summed E-state index contributed by atoms with van der Waals surface area (Å²) in [7, 11) is 2.01. The van der Waals surface area contributed by atoms with Crippen molar-refractivity contribution in [1.29, 1.82) is 0 Å². The summed E-state index contributed by atoms with van der Waals surface area (Å²) in [5, 5.41) is 6.84. The van der Waals surface area contributed by atoms with Crippen LogP contribution in [-0.4, -0.2) is 19.6 Å². The van der Waals surface area contributed by atoms with Crippen molar-refractivity contribution in [3.63, 3.8) is 0 Å². The van der Waals surface area contributed by atoms with Crippen molar-refractivity contribution in [2.24, 2.45) is 0 Å². The Balaban J connectivity index is 2.05. The minimum Gasteiger partial charge on any atom is -0.382 e. The fourth-order valence-corrected chi connectivity index (χ4v) is 2.20. The Morgan fingerprint density at radius 3 is 3.13 bits per heavy atom. The van der Waals surface area contributed by atoms with Gasteiger partial charge in [-0.2, -0.15) is 0 Å². The van der Waals surface area contributed by atoms with E-state index >= 15 is 0 Å². The highest BCUT2D eigenvalue weighted by Gasteiger charge is 2.16. The van der Waals surface area contributed by atoms with E-state index in [9.17, 15) is 0 Å². The Morgan fingerprint density at radius 1 is 1.47 bits per heavy atom. The molecule has 1 unspecified atom stereocenters. The number of anilines is 1. The van der Waals surface area contributed by atoms with Gasteiger partial charge in [-0.05, 0) is 57.0 Å². The quantitative estimate of drug-likeness (QED) is 0.789. The van der Waals surface area contributed by atoms with Crippen LogP contribution in [0, 0.1) is 6.92 Å². The van der Waals surface area contributed by atoms with Gasteiger partial charge >= 0.3 is 0 Å². The van der Waals surface area contributed by atoms with Gasteiger partial charge < -0.3 is 10.6 Å². The maximum atomic E-state index is 3.63. The van der Waals surface area contributed by atoms with Crippen LogP contribution in [0.25, 0.3) is 0 Å². The fourth-order valence-electron chi connectivity index (χ4n) is 2.20. The van der Waals surface area contributed by atoms with Gasteiger partial charge in [0.05, 0.1) is 0 Å². The second-order valence-electron chi connectivity index (χ2n) is 4.43. The van der Waals surface area contributed by atoms with E-state index in [0.29, 0.717) is 6.04 Å². The maximum absolute atomic E-state index is 3.63. The Bertz CT molecular complexity index is 333. The lowest BCUT2D eigenvalue weighted by Gasteiger charge is -2.27. The molecule has 1 heterocycles. The van der Waals surface area contributed by atoms with Crippen molar-refractivity contribution >= 4 is 5.69 Å². The average Bonchev–Trinajstić information content (AvgIpc) is 2.25. The van der Waals surface area contributed by atoms with Gasteiger partial charge in [-0.1, -0.05) is 12.1 Å². The molecule has 15 heavy (non-hydrogen) atoms. The SMILES string of the molecule is CNCCC1CCc2ccc(C)cc2N1. The van der Waals surface area contributed by atoms with E-state index in [1.54, 1.807) is 0 Å². The molecule has 2 rings (SSSR count). The van der Waals surface area contributed by atoms with Crippen LogP contribution in [-0.2, 0) is 6.42 Å². The van der Waals surface area contributed by atoms with Gasteiger partial charge in [0.25, 0.3) is 0 Å². The highest BCUT2D eigenvalue weighted by molar-refractivity contribution is 5.55. The molecule has 0 saturated heterocycles. The molecule has 82 valence electrons. The Labute approximate surface area is 92.1 Å². The van der Waals surface area contributed by atoms with Crippen molar-refractivity contribution < 1.29 is 0 Å². The molecule has 2 N–H and O–H groups in total. The minimum absolute atomic E-state index is 0.645. The van der Waals surface area contributed by atoms with Crippen LogP contribution in [0.2, 0.25) is 0 Å². The molecule has 0 saturated carbocycles. The molecule has 1 aliphatic rings. The standard InChI is InChI=1S/C13H20N2/c1-10-3-4-11-5-6-12(7-8-14-2)15-13(11)9-10/h3-4,9,12,14-15H,5-8H2,1-2H3. The van der Waals surface area contributed by atoms with E-state index in [1.165, 1.54) is 36.1 Å². The first-order valence-corrected chi connectivity index (χ1v) is 5.80. The summed E-state index contributed by atoms with van der Waals surface area (Å²) in [6.45, 7) is 3.25. The molecule has 0 fully saturated rings. The summed E-state index contributed by atoms with van der Waals surface area (Å²) in [5.74, 6) is 0. The molecule has 0 amide bonds. The number of hydrogen-bond donors (Lipinski definition) is 2. The first-order valence-electron chi connectivity index (χ1n) is 5.80. The number of rotatable bonds is 3. The number of aryl methyl sites for hydroxylation is 2. The zero-order chi connectivity index (χ0) is 10.7. The first-order chi connectivity index (χ1) is 7.29.